The second-order valence-corrected chi connectivity index (χ2v) is 6.47. The first-order valence-electron chi connectivity index (χ1n) is 5.03. The zero-order valence-electron chi connectivity index (χ0n) is 9.57. The van der Waals surface area contributed by atoms with E-state index in [0.717, 1.165) is 0 Å². The highest BCUT2D eigenvalue weighted by atomic mass is 31.2. The van der Waals surface area contributed by atoms with Crippen LogP contribution in [0.25, 0.3) is 0 Å². The van der Waals surface area contributed by atoms with Crippen molar-refractivity contribution in [2.24, 2.45) is 0 Å². The van der Waals surface area contributed by atoms with Crippen molar-refractivity contribution in [1.82, 2.24) is 0 Å². The van der Waals surface area contributed by atoms with Crippen LogP contribution in [0.3, 0.4) is 0 Å². The number of phosphoric ester groups is 2. The molecule has 20 heavy (non-hydrogen) atoms. The van der Waals surface area contributed by atoms with Crippen LogP contribution in [0.2, 0.25) is 0 Å². The molecule has 1 rings (SSSR count). The first kappa shape index (κ1) is 18.1. The molecule has 0 saturated heterocycles. The quantitative estimate of drug-likeness (QED) is 0.233. The Bertz CT molecular complexity index is 388. The summed E-state index contributed by atoms with van der Waals surface area (Å²) in [5.74, 6) is 0. The van der Waals surface area contributed by atoms with E-state index in [1.165, 1.54) is 0 Å². The predicted molar refractivity (Wildman–Crippen MR) is 57.9 cm³/mol. The Morgan fingerprint density at radius 2 is 0.850 bits per heavy atom. The summed E-state index contributed by atoms with van der Waals surface area (Å²) in [5, 5.41) is 37.8. The van der Waals surface area contributed by atoms with Gasteiger partial charge in [0.1, 0.15) is 36.6 Å². The lowest BCUT2D eigenvalue weighted by Gasteiger charge is -2.42. The van der Waals surface area contributed by atoms with Gasteiger partial charge in [0.25, 0.3) is 0 Å². The van der Waals surface area contributed by atoms with Crippen LogP contribution >= 0.6 is 15.6 Å². The lowest BCUT2D eigenvalue weighted by atomic mass is 9.85. The summed E-state index contributed by atoms with van der Waals surface area (Å²) < 4.78 is 29.6. The molecular formula is C6H14O12P2. The molecule has 0 unspecified atom stereocenters. The fourth-order valence-corrected chi connectivity index (χ4v) is 2.87. The van der Waals surface area contributed by atoms with E-state index in [1.807, 2.05) is 0 Å². The van der Waals surface area contributed by atoms with Crippen molar-refractivity contribution in [2.45, 2.75) is 36.6 Å². The van der Waals surface area contributed by atoms with E-state index in [4.69, 9.17) is 19.6 Å². The molecule has 0 bridgehead atoms. The Hall–Kier alpha value is 0.0600. The lowest BCUT2D eigenvalue weighted by Crippen LogP contribution is -2.64. The van der Waals surface area contributed by atoms with Gasteiger partial charge in [-0.05, 0) is 0 Å². The molecule has 1 saturated carbocycles. The van der Waals surface area contributed by atoms with Gasteiger partial charge in [0.15, 0.2) is 0 Å². The molecule has 0 radical (unpaired) electrons. The smallest absolute Gasteiger partial charge is 0.387 e. The van der Waals surface area contributed by atoms with Gasteiger partial charge in [-0.25, -0.2) is 9.13 Å². The molecule has 12 nitrogen and oxygen atoms in total. The first-order valence-corrected chi connectivity index (χ1v) is 8.10. The van der Waals surface area contributed by atoms with E-state index >= 15 is 0 Å². The predicted octanol–water partition coefficient (Wildman–Crippen LogP) is -3.60. The molecule has 6 atom stereocenters. The molecule has 0 spiro atoms. The number of aliphatic hydroxyl groups excluding tert-OH is 4. The summed E-state index contributed by atoms with van der Waals surface area (Å²) in [7, 11) is -10.5. The maximum Gasteiger partial charge on any atom is 0.470 e. The van der Waals surface area contributed by atoms with Crippen LogP contribution in [-0.2, 0) is 18.2 Å². The van der Waals surface area contributed by atoms with Crippen LogP contribution in [0.4, 0.5) is 0 Å². The third kappa shape index (κ3) is 4.53. The van der Waals surface area contributed by atoms with Crippen LogP contribution in [0, 0.1) is 0 Å². The van der Waals surface area contributed by atoms with Crippen LogP contribution in [0.1, 0.15) is 0 Å². The van der Waals surface area contributed by atoms with Crippen LogP contribution in [0.15, 0.2) is 0 Å². The van der Waals surface area contributed by atoms with Crippen LogP contribution in [0.5, 0.6) is 0 Å². The van der Waals surface area contributed by atoms with E-state index in [2.05, 4.69) is 9.05 Å². The Morgan fingerprint density at radius 3 is 1.05 bits per heavy atom. The van der Waals surface area contributed by atoms with Gasteiger partial charge in [0.05, 0.1) is 0 Å². The summed E-state index contributed by atoms with van der Waals surface area (Å²) in [5.41, 5.74) is 0. The standard InChI is InChI=1S/C6H14O12P2/c7-1-2(8)4(10)6(18-20(14,15)16)5(3(1)9)17-19(11,12)13/h1-10H,(H2,11,12,13)(H2,14,15,16)/t1-,2+,3-,4-,5-,6+/m0/s1. The van der Waals surface area contributed by atoms with E-state index < -0.39 is 52.3 Å². The van der Waals surface area contributed by atoms with Crippen molar-refractivity contribution in [3.63, 3.8) is 0 Å². The molecule has 0 amide bonds. The Kier molecular flexibility index (Phi) is 5.48. The molecule has 0 heterocycles. The van der Waals surface area contributed by atoms with Crippen molar-refractivity contribution < 1.29 is 58.2 Å². The van der Waals surface area contributed by atoms with E-state index in [-0.39, 0.29) is 0 Å². The number of aliphatic hydroxyl groups is 4. The second kappa shape index (κ2) is 6.05. The molecule has 8 N–H and O–H groups in total. The fraction of sp³-hybridized carbons (Fsp3) is 1.00. The van der Waals surface area contributed by atoms with Gasteiger partial charge in [-0.3, -0.25) is 9.05 Å². The van der Waals surface area contributed by atoms with Crippen molar-refractivity contribution in [3.8, 4) is 0 Å². The van der Waals surface area contributed by atoms with E-state index in [9.17, 15) is 29.6 Å². The van der Waals surface area contributed by atoms with E-state index in [1.54, 1.807) is 0 Å². The minimum absolute atomic E-state index is 2.07. The van der Waals surface area contributed by atoms with Crippen LogP contribution in [-0.4, -0.2) is 76.6 Å². The first-order chi connectivity index (χ1) is 8.83. The molecule has 1 aliphatic rings. The average Bonchev–Trinajstić information content (AvgIpc) is 2.25. The zero-order chi connectivity index (χ0) is 15.9. The number of rotatable bonds is 4. The second-order valence-electron chi connectivity index (χ2n) is 4.08. The molecule has 0 aromatic carbocycles. The summed E-state index contributed by atoms with van der Waals surface area (Å²) in [4.78, 5) is 34.6. The zero-order valence-corrected chi connectivity index (χ0v) is 11.4. The molecule has 0 aliphatic heterocycles. The monoisotopic (exact) mass is 340 g/mol. The molecule has 120 valence electrons. The third-order valence-corrected chi connectivity index (χ3v) is 3.60. The number of hydrogen-bond donors (Lipinski definition) is 8. The summed E-state index contributed by atoms with van der Waals surface area (Å²) in [6.45, 7) is 0. The summed E-state index contributed by atoms with van der Waals surface area (Å²) >= 11 is 0. The SMILES string of the molecule is O=P(O)(O)O[C@@H]1[C@@H](O)[C@H](O)[C@H](O)[C@H](O)[C@@H]1OP(=O)(O)O. The third-order valence-electron chi connectivity index (χ3n) is 2.56. The largest absolute Gasteiger partial charge is 0.470 e. The minimum atomic E-state index is -5.24. The maximum atomic E-state index is 10.7. The van der Waals surface area contributed by atoms with Crippen molar-refractivity contribution >= 4 is 15.6 Å². The minimum Gasteiger partial charge on any atom is -0.387 e. The molecule has 0 aromatic heterocycles. The van der Waals surface area contributed by atoms with Gasteiger partial charge in [0, 0.05) is 0 Å². The molecule has 1 fully saturated rings. The Morgan fingerprint density at radius 1 is 0.600 bits per heavy atom. The van der Waals surface area contributed by atoms with Gasteiger partial charge in [-0.2, -0.15) is 0 Å². The Labute approximate surface area is 111 Å². The summed E-state index contributed by atoms with van der Waals surface area (Å²) in [6.07, 6.45) is -12.8. The molecule has 0 aromatic rings. The normalized spacial score (nSPS) is 39.8. The lowest BCUT2D eigenvalue weighted by molar-refractivity contribution is -0.216. The topological polar surface area (TPSA) is 214 Å². The van der Waals surface area contributed by atoms with Gasteiger partial charge in [0.2, 0.25) is 0 Å². The Balaban J connectivity index is 3.09. The maximum absolute atomic E-state index is 10.7. The molecule has 14 heteroatoms. The highest BCUT2D eigenvalue weighted by Crippen LogP contribution is 2.46. The average molecular weight is 340 g/mol. The highest BCUT2D eigenvalue weighted by molar-refractivity contribution is 7.46. The number of phosphoric acid groups is 2. The molecular weight excluding hydrogens is 326 g/mol. The van der Waals surface area contributed by atoms with E-state index in [0.29, 0.717) is 0 Å². The summed E-state index contributed by atoms with van der Waals surface area (Å²) in [6, 6.07) is 0. The highest BCUT2D eigenvalue weighted by Gasteiger charge is 2.53. The van der Waals surface area contributed by atoms with Crippen LogP contribution < -0.4 is 0 Å². The molecule has 1 aliphatic carbocycles. The van der Waals surface area contributed by atoms with Gasteiger partial charge >= 0.3 is 15.6 Å². The van der Waals surface area contributed by atoms with Gasteiger partial charge in [-0.1, -0.05) is 0 Å². The number of hydrogen-bond acceptors (Lipinski definition) is 8. The van der Waals surface area contributed by atoms with Crippen molar-refractivity contribution in [2.75, 3.05) is 0 Å². The van der Waals surface area contributed by atoms with Gasteiger partial charge in [-0.15, -0.1) is 0 Å². The fourth-order valence-electron chi connectivity index (χ4n) is 1.74. The van der Waals surface area contributed by atoms with Crippen molar-refractivity contribution in [1.29, 1.82) is 0 Å². The van der Waals surface area contributed by atoms with Gasteiger partial charge < -0.3 is 40.0 Å². The van der Waals surface area contributed by atoms with Crippen molar-refractivity contribution in [3.05, 3.63) is 0 Å².